The van der Waals surface area contributed by atoms with Crippen molar-refractivity contribution < 1.29 is 24.0 Å². The highest BCUT2D eigenvalue weighted by Gasteiger charge is 2.34. The number of amides is 2. The van der Waals surface area contributed by atoms with E-state index in [9.17, 15) is 24.5 Å². The maximum absolute atomic E-state index is 13.2. The fourth-order valence-corrected chi connectivity index (χ4v) is 3.06. The Bertz CT molecular complexity index is 998. The van der Waals surface area contributed by atoms with Gasteiger partial charge in [-0.1, -0.05) is 12.1 Å². The van der Waals surface area contributed by atoms with E-state index in [1.807, 2.05) is 0 Å². The summed E-state index contributed by atoms with van der Waals surface area (Å²) in [4.78, 5) is 48.8. The summed E-state index contributed by atoms with van der Waals surface area (Å²) < 4.78 is 4.92. The number of ether oxygens (including phenoxy) is 1. The smallest absolute Gasteiger partial charge is 0.338 e. The van der Waals surface area contributed by atoms with Crippen LogP contribution in [-0.4, -0.2) is 40.3 Å². The Morgan fingerprint density at radius 3 is 2.27 bits per heavy atom. The lowest BCUT2D eigenvalue weighted by molar-refractivity contribution is -0.384. The van der Waals surface area contributed by atoms with Crippen LogP contribution in [0.15, 0.2) is 42.5 Å². The van der Waals surface area contributed by atoms with Crippen LogP contribution >= 0.6 is 0 Å². The van der Waals surface area contributed by atoms with E-state index >= 15 is 0 Å². The predicted octanol–water partition coefficient (Wildman–Crippen LogP) is 2.68. The van der Waals surface area contributed by atoms with E-state index in [0.717, 1.165) is 30.5 Å². The Morgan fingerprint density at radius 1 is 1.10 bits per heavy atom. The van der Waals surface area contributed by atoms with Crippen molar-refractivity contribution in [3.63, 3.8) is 0 Å². The number of carbonyl (C=O) groups excluding carboxylic acids is 3. The molecule has 0 bridgehead atoms. The van der Waals surface area contributed by atoms with Gasteiger partial charge in [0.15, 0.2) is 0 Å². The van der Waals surface area contributed by atoms with E-state index in [4.69, 9.17) is 10.5 Å². The van der Waals surface area contributed by atoms with Gasteiger partial charge in [-0.15, -0.1) is 0 Å². The second kappa shape index (κ2) is 8.73. The molecule has 156 valence electrons. The summed E-state index contributed by atoms with van der Waals surface area (Å²) in [7, 11) is 0. The molecular formula is C21H21N3O6. The van der Waals surface area contributed by atoms with E-state index in [1.54, 1.807) is 36.1 Å². The van der Waals surface area contributed by atoms with Gasteiger partial charge in [-0.2, -0.15) is 0 Å². The van der Waals surface area contributed by atoms with Crippen LogP contribution in [0.2, 0.25) is 0 Å². The molecule has 9 heteroatoms. The van der Waals surface area contributed by atoms with E-state index in [0.29, 0.717) is 5.56 Å². The number of nitro benzene ring substituents is 1. The molecule has 0 aliphatic heterocycles. The number of rotatable bonds is 8. The van der Waals surface area contributed by atoms with Crippen molar-refractivity contribution in [1.82, 2.24) is 4.90 Å². The van der Waals surface area contributed by atoms with Crippen molar-refractivity contribution in [3.05, 3.63) is 74.8 Å². The molecule has 2 amide bonds. The normalized spacial score (nSPS) is 12.8. The van der Waals surface area contributed by atoms with Crippen LogP contribution in [0.25, 0.3) is 0 Å². The van der Waals surface area contributed by atoms with Gasteiger partial charge < -0.3 is 15.4 Å². The van der Waals surface area contributed by atoms with Crippen LogP contribution in [0.3, 0.4) is 0 Å². The number of carbonyl (C=O) groups is 3. The van der Waals surface area contributed by atoms with Crippen LogP contribution in [0.4, 0.5) is 5.69 Å². The van der Waals surface area contributed by atoms with Gasteiger partial charge in [0, 0.05) is 35.8 Å². The summed E-state index contributed by atoms with van der Waals surface area (Å²) in [5.74, 6) is -1.68. The molecule has 0 aromatic heterocycles. The molecule has 0 atom stereocenters. The number of nitro groups is 1. The summed E-state index contributed by atoms with van der Waals surface area (Å²) >= 11 is 0. The molecule has 2 aromatic rings. The first-order valence-electron chi connectivity index (χ1n) is 9.46. The minimum Gasteiger partial charge on any atom is -0.462 e. The highest BCUT2D eigenvalue weighted by atomic mass is 16.6. The van der Waals surface area contributed by atoms with Crippen molar-refractivity contribution in [2.75, 3.05) is 6.61 Å². The first kappa shape index (κ1) is 21.0. The van der Waals surface area contributed by atoms with E-state index in [-0.39, 0.29) is 36.0 Å². The van der Waals surface area contributed by atoms with Gasteiger partial charge >= 0.3 is 5.97 Å². The number of nitrogens with zero attached hydrogens (tertiary/aromatic N) is 2. The number of hydrogen-bond donors (Lipinski definition) is 1. The van der Waals surface area contributed by atoms with Crippen LogP contribution in [0.5, 0.6) is 0 Å². The van der Waals surface area contributed by atoms with Crippen LogP contribution in [0.1, 0.15) is 56.4 Å². The van der Waals surface area contributed by atoms with Crippen LogP contribution < -0.4 is 5.73 Å². The lowest BCUT2D eigenvalue weighted by Crippen LogP contribution is -2.32. The average Bonchev–Trinajstić information content (AvgIpc) is 3.56. The number of nitrogens with two attached hydrogens (primary N) is 1. The third-order valence-electron chi connectivity index (χ3n) is 4.73. The molecule has 0 heterocycles. The zero-order valence-corrected chi connectivity index (χ0v) is 16.4. The fraction of sp³-hybridized carbons (Fsp3) is 0.286. The van der Waals surface area contributed by atoms with Gasteiger partial charge in [0.05, 0.1) is 17.1 Å². The molecule has 0 saturated heterocycles. The second-order valence-electron chi connectivity index (χ2n) is 6.97. The van der Waals surface area contributed by atoms with Crippen molar-refractivity contribution in [2.45, 2.75) is 32.4 Å². The lowest BCUT2D eigenvalue weighted by Gasteiger charge is -2.23. The molecular weight excluding hydrogens is 390 g/mol. The predicted molar refractivity (Wildman–Crippen MR) is 107 cm³/mol. The summed E-state index contributed by atoms with van der Waals surface area (Å²) in [5.41, 5.74) is 6.05. The van der Waals surface area contributed by atoms with Gasteiger partial charge in [0.25, 0.3) is 11.6 Å². The molecule has 0 radical (unpaired) electrons. The number of primary amides is 1. The molecule has 1 aliphatic carbocycles. The third-order valence-corrected chi connectivity index (χ3v) is 4.73. The van der Waals surface area contributed by atoms with Crippen molar-refractivity contribution in [1.29, 1.82) is 0 Å². The number of esters is 1. The van der Waals surface area contributed by atoms with Crippen molar-refractivity contribution >= 4 is 23.5 Å². The van der Waals surface area contributed by atoms with Crippen LogP contribution in [0, 0.1) is 10.1 Å². The molecule has 3 rings (SSSR count). The molecule has 1 saturated carbocycles. The molecule has 30 heavy (non-hydrogen) atoms. The second-order valence-corrected chi connectivity index (χ2v) is 6.97. The molecule has 0 unspecified atom stereocenters. The quantitative estimate of drug-likeness (QED) is 0.403. The monoisotopic (exact) mass is 411 g/mol. The summed E-state index contributed by atoms with van der Waals surface area (Å²) in [6.07, 6.45) is 1.65. The Morgan fingerprint density at radius 2 is 1.73 bits per heavy atom. The largest absolute Gasteiger partial charge is 0.462 e. The fourth-order valence-electron chi connectivity index (χ4n) is 3.06. The minimum absolute atomic E-state index is 0.0126. The first-order valence-corrected chi connectivity index (χ1v) is 9.46. The standard InChI is InChI=1S/C21H21N3O6/c1-2-30-21(27)16-9-15(10-18(11-16)24(28)29)20(26)23(17-7-8-17)12-13-3-5-14(6-4-13)19(22)25/h3-6,9-11,17H,2,7-8,12H2,1H3,(H2,22,25). The zero-order valence-electron chi connectivity index (χ0n) is 16.4. The van der Waals surface area contributed by atoms with Gasteiger partial charge in [-0.05, 0) is 43.5 Å². The minimum atomic E-state index is -0.727. The SMILES string of the molecule is CCOC(=O)c1cc(C(=O)N(Cc2ccc(C(N)=O)cc2)C2CC2)cc([N+](=O)[O-])c1. The summed E-state index contributed by atoms with van der Waals surface area (Å²) in [6.45, 7) is 2.00. The number of non-ortho nitro benzene ring substituents is 1. The number of hydrogen-bond acceptors (Lipinski definition) is 6. The topological polar surface area (TPSA) is 133 Å². The maximum atomic E-state index is 13.2. The first-order chi connectivity index (χ1) is 14.3. The highest BCUT2D eigenvalue weighted by molar-refractivity contribution is 5.99. The summed E-state index contributed by atoms with van der Waals surface area (Å²) in [5, 5.41) is 11.3. The Balaban J connectivity index is 1.90. The molecule has 1 aliphatic rings. The third kappa shape index (κ3) is 4.80. The molecule has 9 nitrogen and oxygen atoms in total. The lowest BCUT2D eigenvalue weighted by atomic mass is 10.1. The average molecular weight is 411 g/mol. The van der Waals surface area contributed by atoms with E-state index in [2.05, 4.69) is 0 Å². The van der Waals surface area contributed by atoms with Gasteiger partial charge in [0.1, 0.15) is 0 Å². The van der Waals surface area contributed by atoms with Crippen molar-refractivity contribution in [3.8, 4) is 0 Å². The molecule has 2 N–H and O–H groups in total. The number of benzene rings is 2. The van der Waals surface area contributed by atoms with Crippen molar-refractivity contribution in [2.24, 2.45) is 5.73 Å². The molecule has 1 fully saturated rings. The maximum Gasteiger partial charge on any atom is 0.338 e. The van der Waals surface area contributed by atoms with E-state index < -0.39 is 22.7 Å². The Kier molecular flexibility index (Phi) is 6.10. The zero-order chi connectivity index (χ0) is 21.8. The molecule has 2 aromatic carbocycles. The van der Waals surface area contributed by atoms with Gasteiger partial charge in [-0.25, -0.2) is 4.79 Å². The van der Waals surface area contributed by atoms with Gasteiger partial charge in [-0.3, -0.25) is 19.7 Å². The van der Waals surface area contributed by atoms with E-state index in [1.165, 1.54) is 6.07 Å². The highest BCUT2D eigenvalue weighted by Crippen LogP contribution is 2.31. The Hall–Kier alpha value is -3.75. The van der Waals surface area contributed by atoms with Gasteiger partial charge in [0.2, 0.25) is 5.91 Å². The summed E-state index contributed by atoms with van der Waals surface area (Å²) in [6, 6.07) is 10.2. The molecule has 0 spiro atoms. The Labute approximate surface area is 172 Å². The van der Waals surface area contributed by atoms with Crippen LogP contribution in [-0.2, 0) is 11.3 Å².